The third kappa shape index (κ3) is 4.05. The van der Waals surface area contributed by atoms with Crippen molar-refractivity contribution >= 4 is 33.1 Å². The Bertz CT molecular complexity index is 642. The number of nitrogen functional groups attached to an aromatic ring is 1. The maximum atomic E-state index is 11.9. The number of carbonyl (C=O) groups excluding carboxylic acids is 1. The Morgan fingerprint density at radius 1 is 1.48 bits per heavy atom. The summed E-state index contributed by atoms with van der Waals surface area (Å²) in [5.41, 5.74) is 6.64. The topological polar surface area (TPSA) is 77.2 Å². The first-order valence-corrected chi connectivity index (χ1v) is 6.76. The SMILES string of the molecule is Nc1c(C(=O)NCCOCC(F)(F)F)sc2cccnc12. The van der Waals surface area contributed by atoms with Gasteiger partial charge in [-0.25, -0.2) is 0 Å². The van der Waals surface area contributed by atoms with Crippen LogP contribution in [0, 0.1) is 0 Å². The summed E-state index contributed by atoms with van der Waals surface area (Å²) in [4.78, 5) is 16.3. The van der Waals surface area contributed by atoms with E-state index in [2.05, 4.69) is 15.0 Å². The number of halogens is 3. The van der Waals surface area contributed by atoms with E-state index in [1.54, 1.807) is 18.3 Å². The van der Waals surface area contributed by atoms with Crippen LogP contribution < -0.4 is 11.1 Å². The highest BCUT2D eigenvalue weighted by atomic mass is 32.1. The number of alkyl halides is 3. The number of ether oxygens (including phenoxy) is 1. The fourth-order valence-electron chi connectivity index (χ4n) is 1.62. The molecule has 2 aromatic heterocycles. The minimum Gasteiger partial charge on any atom is -0.396 e. The number of pyridine rings is 1. The van der Waals surface area contributed by atoms with Gasteiger partial charge in [0.2, 0.25) is 0 Å². The van der Waals surface area contributed by atoms with E-state index in [4.69, 9.17) is 5.73 Å². The van der Waals surface area contributed by atoms with E-state index in [1.165, 1.54) is 11.3 Å². The van der Waals surface area contributed by atoms with E-state index < -0.39 is 18.7 Å². The van der Waals surface area contributed by atoms with Gasteiger partial charge in [-0.2, -0.15) is 13.2 Å². The molecule has 1 amide bonds. The number of anilines is 1. The van der Waals surface area contributed by atoms with Gasteiger partial charge in [-0.3, -0.25) is 9.78 Å². The van der Waals surface area contributed by atoms with Crippen molar-refractivity contribution in [3.8, 4) is 0 Å². The number of carbonyl (C=O) groups is 1. The molecule has 0 atom stereocenters. The van der Waals surface area contributed by atoms with Gasteiger partial charge < -0.3 is 15.8 Å². The summed E-state index contributed by atoms with van der Waals surface area (Å²) in [5.74, 6) is -0.453. The van der Waals surface area contributed by atoms with Crippen LogP contribution in [0.4, 0.5) is 18.9 Å². The summed E-state index contributed by atoms with van der Waals surface area (Å²) in [5, 5.41) is 2.46. The normalized spacial score (nSPS) is 11.8. The van der Waals surface area contributed by atoms with Crippen molar-refractivity contribution < 1.29 is 22.7 Å². The molecule has 0 aromatic carbocycles. The van der Waals surface area contributed by atoms with Crippen LogP contribution in [0.5, 0.6) is 0 Å². The number of thiophene rings is 1. The second-order valence-corrected chi connectivity index (χ2v) is 5.17. The van der Waals surface area contributed by atoms with Crippen molar-refractivity contribution in [2.24, 2.45) is 0 Å². The second kappa shape index (κ2) is 6.27. The number of hydrogen-bond acceptors (Lipinski definition) is 5. The Morgan fingerprint density at radius 2 is 2.24 bits per heavy atom. The summed E-state index contributed by atoms with van der Waals surface area (Å²) >= 11 is 1.18. The molecule has 0 aliphatic rings. The van der Waals surface area contributed by atoms with Crippen LogP contribution in [-0.2, 0) is 4.74 Å². The van der Waals surface area contributed by atoms with Crippen LogP contribution in [0.15, 0.2) is 18.3 Å². The zero-order valence-electron chi connectivity index (χ0n) is 10.7. The molecular weight excluding hydrogens is 307 g/mol. The van der Waals surface area contributed by atoms with E-state index >= 15 is 0 Å². The third-order valence-corrected chi connectivity index (χ3v) is 3.65. The Hall–Kier alpha value is -1.87. The van der Waals surface area contributed by atoms with E-state index in [-0.39, 0.29) is 18.8 Å². The highest BCUT2D eigenvalue weighted by Crippen LogP contribution is 2.31. The average Bonchev–Trinajstić information content (AvgIpc) is 2.75. The average molecular weight is 319 g/mol. The maximum absolute atomic E-state index is 11.9. The van der Waals surface area contributed by atoms with Crippen molar-refractivity contribution in [1.82, 2.24) is 10.3 Å². The Balaban J connectivity index is 1.89. The molecule has 114 valence electrons. The van der Waals surface area contributed by atoms with Gasteiger partial charge in [-0.05, 0) is 12.1 Å². The molecule has 5 nitrogen and oxygen atoms in total. The largest absolute Gasteiger partial charge is 0.411 e. The predicted octanol–water partition coefficient (Wildman–Crippen LogP) is 2.19. The highest BCUT2D eigenvalue weighted by molar-refractivity contribution is 7.21. The molecule has 0 saturated heterocycles. The molecule has 0 fully saturated rings. The number of nitrogens with two attached hydrogens (primary N) is 1. The first-order valence-electron chi connectivity index (χ1n) is 5.94. The first-order chi connectivity index (χ1) is 9.88. The molecule has 0 saturated carbocycles. The van der Waals surface area contributed by atoms with Crippen LogP contribution >= 0.6 is 11.3 Å². The fourth-order valence-corrected chi connectivity index (χ4v) is 2.62. The van der Waals surface area contributed by atoms with Crippen molar-refractivity contribution in [3.63, 3.8) is 0 Å². The number of amides is 1. The van der Waals surface area contributed by atoms with Crippen molar-refractivity contribution in [2.75, 3.05) is 25.5 Å². The Morgan fingerprint density at radius 3 is 2.90 bits per heavy atom. The van der Waals surface area contributed by atoms with Gasteiger partial charge in [0.1, 0.15) is 17.0 Å². The minimum atomic E-state index is -4.37. The molecule has 0 aliphatic carbocycles. The molecule has 2 heterocycles. The summed E-state index contributed by atoms with van der Waals surface area (Å²) in [6.07, 6.45) is -2.80. The molecule has 3 N–H and O–H groups in total. The van der Waals surface area contributed by atoms with Gasteiger partial charge in [0, 0.05) is 12.7 Å². The van der Waals surface area contributed by atoms with Crippen LogP contribution in [-0.4, -0.2) is 36.8 Å². The summed E-state index contributed by atoms with van der Waals surface area (Å²) in [6.45, 7) is -1.60. The lowest BCUT2D eigenvalue weighted by molar-refractivity contribution is -0.173. The predicted molar refractivity (Wildman–Crippen MR) is 73.2 cm³/mol. The monoisotopic (exact) mass is 319 g/mol. The number of fused-ring (bicyclic) bond motifs is 1. The molecular formula is C12H12F3N3O2S. The number of hydrogen-bond donors (Lipinski definition) is 2. The van der Waals surface area contributed by atoms with E-state index in [0.29, 0.717) is 10.4 Å². The van der Waals surface area contributed by atoms with Gasteiger partial charge in [0.15, 0.2) is 0 Å². The van der Waals surface area contributed by atoms with E-state index in [9.17, 15) is 18.0 Å². The van der Waals surface area contributed by atoms with Gasteiger partial charge in [-0.15, -0.1) is 11.3 Å². The molecule has 0 aliphatic heterocycles. The molecule has 9 heteroatoms. The number of nitrogens with zero attached hydrogens (tertiary/aromatic N) is 1. The Kier molecular flexibility index (Phi) is 4.63. The number of nitrogens with one attached hydrogen (secondary N) is 1. The van der Waals surface area contributed by atoms with Crippen LogP contribution in [0.25, 0.3) is 10.2 Å². The number of rotatable bonds is 5. The van der Waals surface area contributed by atoms with Crippen LogP contribution in [0.3, 0.4) is 0 Å². The second-order valence-electron chi connectivity index (χ2n) is 4.12. The van der Waals surface area contributed by atoms with Gasteiger partial charge in [0.25, 0.3) is 5.91 Å². The highest BCUT2D eigenvalue weighted by Gasteiger charge is 2.27. The summed E-state index contributed by atoms with van der Waals surface area (Å²) in [6, 6.07) is 3.51. The van der Waals surface area contributed by atoms with E-state index in [0.717, 1.165) is 4.70 Å². The molecule has 0 radical (unpaired) electrons. The lowest BCUT2D eigenvalue weighted by atomic mass is 10.3. The maximum Gasteiger partial charge on any atom is 0.411 e. The van der Waals surface area contributed by atoms with Gasteiger partial charge in [-0.1, -0.05) is 0 Å². The molecule has 2 aromatic rings. The van der Waals surface area contributed by atoms with Crippen molar-refractivity contribution in [1.29, 1.82) is 0 Å². The first kappa shape index (κ1) is 15.5. The molecule has 0 unspecified atom stereocenters. The lowest BCUT2D eigenvalue weighted by Gasteiger charge is -2.08. The molecule has 2 rings (SSSR count). The van der Waals surface area contributed by atoms with Gasteiger partial charge >= 0.3 is 6.18 Å². The van der Waals surface area contributed by atoms with Crippen LogP contribution in [0.2, 0.25) is 0 Å². The standard InChI is InChI=1S/C12H12F3N3O2S/c13-12(14,15)6-20-5-4-18-11(19)10-8(16)9-7(21-10)2-1-3-17-9/h1-3H,4-6,16H2,(H,18,19). The van der Waals surface area contributed by atoms with Crippen molar-refractivity contribution in [3.05, 3.63) is 23.2 Å². The fraction of sp³-hybridized carbons (Fsp3) is 0.333. The third-order valence-electron chi connectivity index (χ3n) is 2.49. The number of aromatic nitrogens is 1. The molecule has 0 spiro atoms. The smallest absolute Gasteiger partial charge is 0.396 e. The Labute approximate surface area is 121 Å². The quantitative estimate of drug-likeness (QED) is 0.828. The van der Waals surface area contributed by atoms with E-state index in [1.807, 2.05) is 0 Å². The van der Waals surface area contributed by atoms with Gasteiger partial charge in [0.05, 0.1) is 17.0 Å². The molecule has 21 heavy (non-hydrogen) atoms. The minimum absolute atomic E-state index is 0.0317. The summed E-state index contributed by atoms with van der Waals surface area (Å²) in [7, 11) is 0. The van der Waals surface area contributed by atoms with Crippen LogP contribution in [0.1, 0.15) is 9.67 Å². The van der Waals surface area contributed by atoms with Crippen molar-refractivity contribution in [2.45, 2.75) is 6.18 Å². The summed E-state index contributed by atoms with van der Waals surface area (Å²) < 4.78 is 40.7. The molecule has 0 bridgehead atoms. The lowest BCUT2D eigenvalue weighted by Crippen LogP contribution is -2.28. The zero-order chi connectivity index (χ0) is 15.5. The zero-order valence-corrected chi connectivity index (χ0v) is 11.6.